The minimum absolute atomic E-state index is 0.131. The first kappa shape index (κ1) is 17.0. The van der Waals surface area contributed by atoms with Crippen molar-refractivity contribution in [1.29, 1.82) is 0 Å². The Labute approximate surface area is 138 Å². The lowest BCUT2D eigenvalue weighted by Crippen LogP contribution is -2.20. The summed E-state index contributed by atoms with van der Waals surface area (Å²) in [6.07, 6.45) is -0.207. The zero-order valence-electron chi connectivity index (χ0n) is 13.2. The van der Waals surface area contributed by atoms with E-state index in [0.717, 1.165) is 11.3 Å². The molecule has 0 radical (unpaired) electrons. The van der Waals surface area contributed by atoms with Crippen molar-refractivity contribution in [2.75, 3.05) is 11.9 Å². The summed E-state index contributed by atoms with van der Waals surface area (Å²) in [4.78, 5) is 28.3. The third-order valence-electron chi connectivity index (χ3n) is 2.68. The summed E-state index contributed by atoms with van der Waals surface area (Å²) in [5.41, 5.74) is 0.528. The van der Waals surface area contributed by atoms with Crippen LogP contribution < -0.4 is 10.1 Å². The van der Waals surface area contributed by atoms with Gasteiger partial charge in [-0.05, 0) is 32.9 Å². The van der Waals surface area contributed by atoms with E-state index in [4.69, 9.17) is 9.47 Å². The Hall–Kier alpha value is -2.41. The van der Waals surface area contributed by atoms with Gasteiger partial charge in [0.2, 0.25) is 0 Å². The second-order valence-corrected chi connectivity index (χ2v) is 6.04. The Morgan fingerprint density at radius 2 is 1.96 bits per heavy atom. The van der Waals surface area contributed by atoms with Gasteiger partial charge in [-0.2, -0.15) is 0 Å². The summed E-state index contributed by atoms with van der Waals surface area (Å²) in [6.45, 7) is 5.12. The van der Waals surface area contributed by atoms with Crippen LogP contribution in [0.1, 0.15) is 29.2 Å². The molecule has 6 nitrogen and oxygen atoms in total. The topological polar surface area (TPSA) is 77.5 Å². The van der Waals surface area contributed by atoms with Gasteiger partial charge in [-0.1, -0.05) is 29.5 Å². The van der Waals surface area contributed by atoms with E-state index in [2.05, 4.69) is 10.3 Å². The summed E-state index contributed by atoms with van der Waals surface area (Å²) in [7, 11) is 0. The number of anilines is 1. The highest BCUT2D eigenvalue weighted by Gasteiger charge is 2.18. The number of nitrogens with zero attached hydrogens (tertiary/aromatic N) is 1. The number of benzene rings is 1. The van der Waals surface area contributed by atoms with Crippen LogP contribution in [0.15, 0.2) is 30.3 Å². The van der Waals surface area contributed by atoms with Gasteiger partial charge in [0.15, 0.2) is 11.7 Å². The Balaban J connectivity index is 1.92. The molecule has 0 bridgehead atoms. The van der Waals surface area contributed by atoms with E-state index in [1.165, 1.54) is 0 Å². The second kappa shape index (κ2) is 7.73. The molecule has 2 rings (SSSR count). The highest BCUT2D eigenvalue weighted by Crippen LogP contribution is 2.23. The molecule has 0 aliphatic rings. The van der Waals surface area contributed by atoms with Gasteiger partial charge in [0.25, 0.3) is 5.91 Å². The van der Waals surface area contributed by atoms with Crippen molar-refractivity contribution < 1.29 is 19.1 Å². The highest BCUT2D eigenvalue weighted by atomic mass is 32.1. The largest absolute Gasteiger partial charge is 0.484 e. The number of hydrogen-bond acceptors (Lipinski definition) is 6. The molecule has 0 aliphatic heterocycles. The maximum Gasteiger partial charge on any atom is 0.350 e. The summed E-state index contributed by atoms with van der Waals surface area (Å²) in [5, 5.41) is 2.96. The number of para-hydroxylation sites is 1. The van der Waals surface area contributed by atoms with Gasteiger partial charge >= 0.3 is 5.97 Å². The molecule has 1 aromatic heterocycles. The van der Waals surface area contributed by atoms with Crippen LogP contribution in [0.2, 0.25) is 0 Å². The first-order valence-electron chi connectivity index (χ1n) is 7.12. The van der Waals surface area contributed by atoms with Gasteiger partial charge in [-0.3, -0.25) is 10.1 Å². The number of aryl methyl sites for hydroxylation is 1. The number of carbonyl (C=O) groups excluding carboxylic acids is 2. The number of amides is 1. The molecule has 0 aliphatic carbocycles. The van der Waals surface area contributed by atoms with Crippen LogP contribution in [0.4, 0.5) is 5.13 Å². The third-order valence-corrected chi connectivity index (χ3v) is 3.74. The van der Waals surface area contributed by atoms with Crippen LogP contribution in [0.5, 0.6) is 5.75 Å². The fourth-order valence-corrected chi connectivity index (χ4v) is 2.59. The molecule has 0 fully saturated rings. The van der Waals surface area contributed by atoms with Crippen LogP contribution >= 0.6 is 11.3 Å². The van der Waals surface area contributed by atoms with E-state index >= 15 is 0 Å². The smallest absolute Gasteiger partial charge is 0.350 e. The van der Waals surface area contributed by atoms with E-state index in [-0.39, 0.29) is 18.6 Å². The molecule has 1 aromatic carbocycles. The fraction of sp³-hybridized carbons (Fsp3) is 0.312. The van der Waals surface area contributed by atoms with Gasteiger partial charge in [0, 0.05) is 0 Å². The van der Waals surface area contributed by atoms with E-state index in [9.17, 15) is 9.59 Å². The van der Waals surface area contributed by atoms with E-state index < -0.39 is 5.97 Å². The van der Waals surface area contributed by atoms with E-state index in [0.29, 0.717) is 21.5 Å². The van der Waals surface area contributed by atoms with Crippen LogP contribution in [0.3, 0.4) is 0 Å². The quantitative estimate of drug-likeness (QED) is 0.822. The highest BCUT2D eigenvalue weighted by molar-refractivity contribution is 7.17. The molecule has 0 saturated carbocycles. The molecule has 0 spiro atoms. The van der Waals surface area contributed by atoms with Crippen LogP contribution in [0, 0.1) is 6.92 Å². The Morgan fingerprint density at radius 1 is 1.26 bits per heavy atom. The molecule has 1 N–H and O–H groups in total. The number of aromatic nitrogens is 1. The van der Waals surface area contributed by atoms with Gasteiger partial charge in [-0.15, -0.1) is 0 Å². The lowest BCUT2D eigenvalue weighted by molar-refractivity contribution is -0.118. The normalized spacial score (nSPS) is 10.4. The summed E-state index contributed by atoms with van der Waals surface area (Å²) in [5.74, 6) is -0.165. The molecule has 122 valence electrons. The maximum atomic E-state index is 11.9. The molecule has 0 unspecified atom stereocenters. The molecule has 23 heavy (non-hydrogen) atoms. The average Bonchev–Trinajstić information content (AvgIpc) is 2.86. The number of carbonyl (C=O) groups is 2. The van der Waals surface area contributed by atoms with Gasteiger partial charge in [-0.25, -0.2) is 9.78 Å². The first-order valence-corrected chi connectivity index (χ1v) is 7.93. The molecule has 1 amide bonds. The van der Waals surface area contributed by atoms with Gasteiger partial charge in [0.1, 0.15) is 10.6 Å². The summed E-state index contributed by atoms with van der Waals surface area (Å²) >= 11 is 1.09. The predicted octanol–water partition coefficient (Wildman–Crippen LogP) is 3.03. The lowest BCUT2D eigenvalue weighted by Gasteiger charge is -2.06. The number of thiazole rings is 1. The Bertz CT molecular complexity index is 683. The molecule has 0 atom stereocenters. The second-order valence-electron chi connectivity index (χ2n) is 5.04. The average molecular weight is 334 g/mol. The Morgan fingerprint density at radius 3 is 2.61 bits per heavy atom. The molecular weight excluding hydrogens is 316 g/mol. The standard InChI is InChI=1S/C16H18N2O4S/c1-10(2)22-15(20)14-11(3)17-16(23-14)18-13(19)9-21-12-7-5-4-6-8-12/h4-8,10H,9H2,1-3H3,(H,17,18,19). The van der Waals surface area contributed by atoms with Crippen molar-refractivity contribution >= 4 is 28.3 Å². The predicted molar refractivity (Wildman–Crippen MR) is 88.0 cm³/mol. The van der Waals surface area contributed by atoms with Crippen molar-refractivity contribution in [3.8, 4) is 5.75 Å². The van der Waals surface area contributed by atoms with E-state index in [1.54, 1.807) is 32.9 Å². The van der Waals surface area contributed by atoms with Crippen molar-refractivity contribution in [2.45, 2.75) is 26.9 Å². The number of rotatable bonds is 6. The van der Waals surface area contributed by atoms with Crippen LogP contribution in [-0.4, -0.2) is 29.6 Å². The number of hydrogen-bond donors (Lipinski definition) is 1. The monoisotopic (exact) mass is 334 g/mol. The Kier molecular flexibility index (Phi) is 5.70. The zero-order valence-corrected chi connectivity index (χ0v) is 14.0. The van der Waals surface area contributed by atoms with Crippen molar-refractivity contribution in [3.63, 3.8) is 0 Å². The first-order chi connectivity index (χ1) is 11.0. The fourth-order valence-electron chi connectivity index (χ4n) is 1.73. The number of esters is 1. The maximum absolute atomic E-state index is 11.9. The SMILES string of the molecule is Cc1nc(NC(=O)COc2ccccc2)sc1C(=O)OC(C)C. The molecule has 1 heterocycles. The lowest BCUT2D eigenvalue weighted by atomic mass is 10.3. The van der Waals surface area contributed by atoms with E-state index in [1.807, 2.05) is 18.2 Å². The summed E-state index contributed by atoms with van der Waals surface area (Å²) < 4.78 is 10.5. The van der Waals surface area contributed by atoms with Gasteiger partial charge in [0.05, 0.1) is 11.8 Å². The van der Waals surface area contributed by atoms with Crippen LogP contribution in [-0.2, 0) is 9.53 Å². The molecule has 2 aromatic rings. The number of ether oxygens (including phenoxy) is 2. The zero-order chi connectivity index (χ0) is 16.8. The van der Waals surface area contributed by atoms with Gasteiger partial charge < -0.3 is 9.47 Å². The minimum atomic E-state index is -0.434. The molecular formula is C16H18N2O4S. The molecule has 7 heteroatoms. The van der Waals surface area contributed by atoms with Crippen molar-refractivity contribution in [2.24, 2.45) is 0 Å². The molecule has 0 saturated heterocycles. The summed E-state index contributed by atoms with van der Waals surface area (Å²) in [6, 6.07) is 9.04. The van der Waals surface area contributed by atoms with Crippen molar-refractivity contribution in [3.05, 3.63) is 40.9 Å². The van der Waals surface area contributed by atoms with Crippen molar-refractivity contribution in [1.82, 2.24) is 4.98 Å². The number of nitrogens with one attached hydrogen (secondary N) is 1. The van der Waals surface area contributed by atoms with Crippen LogP contribution in [0.25, 0.3) is 0 Å². The third kappa shape index (κ3) is 5.07. The minimum Gasteiger partial charge on any atom is -0.484 e.